The molecule has 1 amide bonds. The molecule has 0 bridgehead atoms. The van der Waals surface area contributed by atoms with Crippen molar-refractivity contribution >= 4 is 5.91 Å². The second kappa shape index (κ2) is 7.00. The van der Waals surface area contributed by atoms with E-state index < -0.39 is 0 Å². The summed E-state index contributed by atoms with van der Waals surface area (Å²) in [4.78, 5) is 14.3. The third-order valence-electron chi connectivity index (χ3n) is 4.15. The molecule has 0 aromatic heterocycles. The molecular formula is C14H28N2O. The van der Waals surface area contributed by atoms with Gasteiger partial charge in [0.2, 0.25) is 5.91 Å². The molecule has 100 valence electrons. The number of rotatable bonds is 4. The van der Waals surface area contributed by atoms with Crippen molar-refractivity contribution in [3.05, 3.63) is 0 Å². The van der Waals surface area contributed by atoms with Gasteiger partial charge in [-0.15, -0.1) is 0 Å². The van der Waals surface area contributed by atoms with Gasteiger partial charge in [0, 0.05) is 19.6 Å². The van der Waals surface area contributed by atoms with Gasteiger partial charge in [-0.25, -0.2) is 0 Å². The van der Waals surface area contributed by atoms with Crippen LogP contribution in [0.1, 0.15) is 46.5 Å². The van der Waals surface area contributed by atoms with Crippen molar-refractivity contribution in [2.75, 3.05) is 19.6 Å². The molecule has 17 heavy (non-hydrogen) atoms. The maximum atomic E-state index is 12.2. The smallest absolute Gasteiger partial charge is 0.226 e. The van der Waals surface area contributed by atoms with Crippen molar-refractivity contribution in [3.8, 4) is 0 Å². The summed E-state index contributed by atoms with van der Waals surface area (Å²) in [6, 6.07) is 0. The summed E-state index contributed by atoms with van der Waals surface area (Å²) in [5.41, 5.74) is 5.66. The Morgan fingerprint density at radius 1 is 1.35 bits per heavy atom. The van der Waals surface area contributed by atoms with Crippen LogP contribution in [0, 0.1) is 17.8 Å². The number of likely N-dealkylation sites (tertiary alicyclic amines) is 1. The van der Waals surface area contributed by atoms with Crippen LogP contribution in [0.2, 0.25) is 0 Å². The van der Waals surface area contributed by atoms with Gasteiger partial charge in [0.25, 0.3) is 0 Å². The molecule has 1 rings (SSSR count). The average molecular weight is 240 g/mol. The molecule has 1 aliphatic rings. The van der Waals surface area contributed by atoms with E-state index in [0.29, 0.717) is 6.54 Å². The van der Waals surface area contributed by atoms with Gasteiger partial charge in [-0.2, -0.15) is 0 Å². The molecule has 3 nitrogen and oxygen atoms in total. The standard InChI is InChI=1S/C14H28N2O/c1-4-12(10-15)14(17)16-8-5-6-13(7-9-16)11(2)3/h11-13H,4-10,15H2,1-3H3. The van der Waals surface area contributed by atoms with E-state index in [1.165, 1.54) is 6.42 Å². The number of amides is 1. The van der Waals surface area contributed by atoms with Gasteiger partial charge >= 0.3 is 0 Å². The van der Waals surface area contributed by atoms with Crippen LogP contribution in [0.3, 0.4) is 0 Å². The Morgan fingerprint density at radius 2 is 2.06 bits per heavy atom. The average Bonchev–Trinajstić information content (AvgIpc) is 2.55. The number of carbonyl (C=O) groups is 1. The van der Waals surface area contributed by atoms with Crippen LogP contribution in [0.5, 0.6) is 0 Å². The Kier molecular flexibility index (Phi) is 5.96. The highest BCUT2D eigenvalue weighted by atomic mass is 16.2. The molecule has 3 heteroatoms. The van der Waals surface area contributed by atoms with E-state index in [9.17, 15) is 4.79 Å². The first kappa shape index (κ1) is 14.5. The predicted octanol–water partition coefficient (Wildman–Crippen LogP) is 2.26. The van der Waals surface area contributed by atoms with E-state index in [1.807, 2.05) is 11.8 Å². The lowest BCUT2D eigenvalue weighted by Gasteiger charge is -2.25. The molecule has 2 N–H and O–H groups in total. The van der Waals surface area contributed by atoms with Crippen LogP contribution in [0.25, 0.3) is 0 Å². The SMILES string of the molecule is CCC(CN)C(=O)N1CCCC(C(C)C)CC1. The first-order valence-electron chi connectivity index (χ1n) is 7.09. The number of hydrogen-bond acceptors (Lipinski definition) is 2. The van der Waals surface area contributed by atoms with Crippen LogP contribution in [0.4, 0.5) is 0 Å². The minimum absolute atomic E-state index is 0.0330. The Hall–Kier alpha value is -0.570. The van der Waals surface area contributed by atoms with Gasteiger partial charge in [-0.05, 0) is 37.5 Å². The summed E-state index contributed by atoms with van der Waals surface area (Å²) in [7, 11) is 0. The highest BCUT2D eigenvalue weighted by Gasteiger charge is 2.25. The van der Waals surface area contributed by atoms with Crippen molar-refractivity contribution in [3.63, 3.8) is 0 Å². The maximum Gasteiger partial charge on any atom is 0.226 e. The Bertz CT molecular complexity index is 236. The van der Waals surface area contributed by atoms with E-state index in [1.54, 1.807) is 0 Å². The van der Waals surface area contributed by atoms with Crippen molar-refractivity contribution in [1.82, 2.24) is 4.90 Å². The van der Waals surface area contributed by atoms with Crippen LogP contribution in [-0.4, -0.2) is 30.4 Å². The fraction of sp³-hybridized carbons (Fsp3) is 0.929. The second-order valence-corrected chi connectivity index (χ2v) is 5.60. The fourth-order valence-electron chi connectivity index (χ4n) is 2.71. The summed E-state index contributed by atoms with van der Waals surface area (Å²) in [6.07, 6.45) is 4.43. The van der Waals surface area contributed by atoms with Gasteiger partial charge < -0.3 is 10.6 Å². The molecule has 0 spiro atoms. The molecule has 1 fully saturated rings. The molecule has 0 aromatic carbocycles. The second-order valence-electron chi connectivity index (χ2n) is 5.60. The summed E-state index contributed by atoms with van der Waals surface area (Å²) in [5.74, 6) is 1.83. The van der Waals surface area contributed by atoms with Gasteiger partial charge in [-0.3, -0.25) is 4.79 Å². The zero-order valence-corrected chi connectivity index (χ0v) is 11.6. The number of hydrogen-bond donors (Lipinski definition) is 1. The van der Waals surface area contributed by atoms with E-state index >= 15 is 0 Å². The van der Waals surface area contributed by atoms with Crippen LogP contribution in [-0.2, 0) is 4.79 Å². The molecule has 2 atom stereocenters. The summed E-state index contributed by atoms with van der Waals surface area (Å²) in [6.45, 7) is 8.97. The van der Waals surface area contributed by atoms with E-state index in [-0.39, 0.29) is 11.8 Å². The molecule has 0 radical (unpaired) electrons. The van der Waals surface area contributed by atoms with Crippen molar-refractivity contribution < 1.29 is 4.79 Å². The summed E-state index contributed by atoms with van der Waals surface area (Å²) >= 11 is 0. The first-order valence-corrected chi connectivity index (χ1v) is 7.09. The normalized spacial score (nSPS) is 23.6. The quantitative estimate of drug-likeness (QED) is 0.819. The van der Waals surface area contributed by atoms with Crippen molar-refractivity contribution in [1.29, 1.82) is 0 Å². The van der Waals surface area contributed by atoms with Crippen molar-refractivity contribution in [2.45, 2.75) is 46.5 Å². The fourth-order valence-corrected chi connectivity index (χ4v) is 2.71. The van der Waals surface area contributed by atoms with Gasteiger partial charge in [-0.1, -0.05) is 20.8 Å². The van der Waals surface area contributed by atoms with Crippen LogP contribution >= 0.6 is 0 Å². The van der Waals surface area contributed by atoms with Gasteiger partial charge in [0.1, 0.15) is 0 Å². The van der Waals surface area contributed by atoms with Gasteiger partial charge in [0.05, 0.1) is 5.92 Å². The molecule has 1 saturated heterocycles. The Balaban J connectivity index is 2.53. The third kappa shape index (κ3) is 3.98. The third-order valence-corrected chi connectivity index (χ3v) is 4.15. The minimum atomic E-state index is 0.0330. The molecule has 1 heterocycles. The molecule has 0 saturated carbocycles. The van der Waals surface area contributed by atoms with Crippen LogP contribution < -0.4 is 5.73 Å². The van der Waals surface area contributed by atoms with Gasteiger partial charge in [0.15, 0.2) is 0 Å². The zero-order valence-electron chi connectivity index (χ0n) is 11.6. The highest BCUT2D eigenvalue weighted by molar-refractivity contribution is 5.79. The van der Waals surface area contributed by atoms with Crippen molar-refractivity contribution in [2.24, 2.45) is 23.5 Å². The highest BCUT2D eigenvalue weighted by Crippen LogP contribution is 2.25. The van der Waals surface area contributed by atoms with E-state index in [2.05, 4.69) is 13.8 Å². The zero-order chi connectivity index (χ0) is 12.8. The predicted molar refractivity (Wildman–Crippen MR) is 71.6 cm³/mol. The topological polar surface area (TPSA) is 46.3 Å². The molecular weight excluding hydrogens is 212 g/mol. The lowest BCUT2D eigenvalue weighted by atomic mass is 9.89. The van der Waals surface area contributed by atoms with E-state index in [4.69, 9.17) is 5.73 Å². The number of carbonyl (C=O) groups excluding carboxylic acids is 1. The maximum absolute atomic E-state index is 12.2. The Morgan fingerprint density at radius 3 is 2.59 bits per heavy atom. The number of nitrogens with two attached hydrogens (primary N) is 1. The molecule has 2 unspecified atom stereocenters. The number of nitrogens with zero attached hydrogens (tertiary/aromatic N) is 1. The molecule has 0 aromatic rings. The molecule has 1 aliphatic heterocycles. The lowest BCUT2D eigenvalue weighted by molar-refractivity contribution is -0.135. The lowest BCUT2D eigenvalue weighted by Crippen LogP contribution is -2.39. The largest absolute Gasteiger partial charge is 0.342 e. The monoisotopic (exact) mass is 240 g/mol. The summed E-state index contributed by atoms with van der Waals surface area (Å²) < 4.78 is 0. The van der Waals surface area contributed by atoms with E-state index in [0.717, 1.165) is 44.2 Å². The first-order chi connectivity index (χ1) is 8.10. The molecule has 0 aliphatic carbocycles. The summed E-state index contributed by atoms with van der Waals surface area (Å²) in [5, 5.41) is 0. The minimum Gasteiger partial charge on any atom is -0.342 e. The Labute approximate surface area is 106 Å². The van der Waals surface area contributed by atoms with Crippen LogP contribution in [0.15, 0.2) is 0 Å².